The van der Waals surface area contributed by atoms with Crippen molar-refractivity contribution in [3.63, 3.8) is 0 Å². The number of methoxy groups -OCH3 is 1. The van der Waals surface area contributed by atoms with Crippen molar-refractivity contribution in [2.75, 3.05) is 13.7 Å². The largest absolute Gasteiger partial charge is 0.507 e. The molecule has 0 saturated carbocycles. The monoisotopic (exact) mass is 253 g/mol. The van der Waals surface area contributed by atoms with Crippen LogP contribution < -0.4 is 10.1 Å². The van der Waals surface area contributed by atoms with E-state index in [-0.39, 0.29) is 5.75 Å². The molecule has 102 valence electrons. The highest BCUT2D eigenvalue weighted by atomic mass is 16.5. The summed E-state index contributed by atoms with van der Waals surface area (Å²) in [5.41, 5.74) is 0.0970. The van der Waals surface area contributed by atoms with Crippen molar-refractivity contribution >= 4 is 0 Å². The van der Waals surface area contributed by atoms with Crippen LogP contribution in [-0.2, 0) is 6.54 Å². The third-order valence-electron chi connectivity index (χ3n) is 2.90. The molecule has 1 aromatic carbocycles. The molecular formula is C14H23NO3. The van der Waals surface area contributed by atoms with Crippen molar-refractivity contribution in [1.29, 1.82) is 0 Å². The lowest BCUT2D eigenvalue weighted by Crippen LogP contribution is -2.37. The SMILES string of the molecule is CCCC(C)(O)CNCc1ccc(OC)cc1O. The summed E-state index contributed by atoms with van der Waals surface area (Å²) in [5.74, 6) is 0.839. The van der Waals surface area contributed by atoms with Crippen LogP contribution in [0.2, 0.25) is 0 Å². The number of aromatic hydroxyl groups is 1. The number of phenolic OH excluding ortho intramolecular Hbond substituents is 1. The first-order chi connectivity index (χ1) is 8.48. The average molecular weight is 253 g/mol. The highest BCUT2D eigenvalue weighted by molar-refractivity contribution is 5.39. The summed E-state index contributed by atoms with van der Waals surface area (Å²) >= 11 is 0. The number of ether oxygens (including phenoxy) is 1. The maximum Gasteiger partial charge on any atom is 0.123 e. The Balaban J connectivity index is 2.49. The predicted molar refractivity (Wildman–Crippen MR) is 71.9 cm³/mol. The number of hydrogen-bond acceptors (Lipinski definition) is 4. The van der Waals surface area contributed by atoms with E-state index in [1.54, 1.807) is 19.2 Å². The molecule has 0 amide bonds. The summed E-state index contributed by atoms with van der Waals surface area (Å²) in [5, 5.41) is 22.9. The molecule has 0 bridgehead atoms. The molecule has 0 fully saturated rings. The maximum absolute atomic E-state index is 10.00. The lowest BCUT2D eigenvalue weighted by molar-refractivity contribution is 0.0497. The molecule has 0 aliphatic heterocycles. The Labute approximate surface area is 109 Å². The number of hydrogen-bond donors (Lipinski definition) is 3. The summed E-state index contributed by atoms with van der Waals surface area (Å²) in [6, 6.07) is 5.21. The van der Waals surface area contributed by atoms with Crippen molar-refractivity contribution in [3.05, 3.63) is 23.8 Å². The Bertz CT molecular complexity index is 377. The summed E-state index contributed by atoms with van der Waals surface area (Å²) in [4.78, 5) is 0. The van der Waals surface area contributed by atoms with Crippen LogP contribution in [0.15, 0.2) is 18.2 Å². The first-order valence-electron chi connectivity index (χ1n) is 6.27. The van der Waals surface area contributed by atoms with Gasteiger partial charge in [-0.05, 0) is 19.4 Å². The van der Waals surface area contributed by atoms with E-state index in [1.807, 2.05) is 19.9 Å². The molecule has 0 aromatic heterocycles. The topological polar surface area (TPSA) is 61.7 Å². The lowest BCUT2D eigenvalue weighted by atomic mass is 10.0. The zero-order valence-electron chi connectivity index (χ0n) is 11.4. The number of aliphatic hydroxyl groups is 1. The molecule has 4 nitrogen and oxygen atoms in total. The minimum atomic E-state index is -0.698. The van der Waals surface area contributed by atoms with Crippen LogP contribution in [0, 0.1) is 0 Å². The fraction of sp³-hybridized carbons (Fsp3) is 0.571. The molecule has 0 aliphatic rings. The number of benzene rings is 1. The zero-order chi connectivity index (χ0) is 13.6. The Hall–Kier alpha value is -1.26. The minimum absolute atomic E-state index is 0.206. The van der Waals surface area contributed by atoms with E-state index in [9.17, 15) is 10.2 Å². The lowest BCUT2D eigenvalue weighted by Gasteiger charge is -2.23. The van der Waals surface area contributed by atoms with Gasteiger partial charge in [-0.15, -0.1) is 0 Å². The average Bonchev–Trinajstić information content (AvgIpc) is 2.31. The smallest absolute Gasteiger partial charge is 0.123 e. The minimum Gasteiger partial charge on any atom is -0.507 e. The second-order valence-corrected chi connectivity index (χ2v) is 4.85. The fourth-order valence-corrected chi connectivity index (χ4v) is 1.91. The summed E-state index contributed by atoms with van der Waals surface area (Å²) in [6.45, 7) is 4.89. The van der Waals surface area contributed by atoms with Gasteiger partial charge >= 0.3 is 0 Å². The van der Waals surface area contributed by atoms with Gasteiger partial charge in [0.1, 0.15) is 11.5 Å². The van der Waals surface area contributed by atoms with E-state index in [1.165, 1.54) is 0 Å². The third-order valence-corrected chi connectivity index (χ3v) is 2.90. The van der Waals surface area contributed by atoms with E-state index in [0.29, 0.717) is 18.8 Å². The molecule has 4 heteroatoms. The molecule has 0 aliphatic carbocycles. The molecule has 1 aromatic rings. The van der Waals surface area contributed by atoms with Crippen LogP contribution in [0.5, 0.6) is 11.5 Å². The quantitative estimate of drug-likeness (QED) is 0.696. The highest BCUT2D eigenvalue weighted by Crippen LogP contribution is 2.23. The molecule has 0 spiro atoms. The van der Waals surface area contributed by atoms with Gasteiger partial charge in [-0.2, -0.15) is 0 Å². The first-order valence-corrected chi connectivity index (χ1v) is 6.27. The van der Waals surface area contributed by atoms with Gasteiger partial charge in [-0.25, -0.2) is 0 Å². The number of phenols is 1. The van der Waals surface area contributed by atoms with Crippen molar-refractivity contribution < 1.29 is 14.9 Å². The van der Waals surface area contributed by atoms with Crippen LogP contribution in [0.25, 0.3) is 0 Å². The van der Waals surface area contributed by atoms with Gasteiger partial charge in [0, 0.05) is 24.7 Å². The van der Waals surface area contributed by atoms with Crippen LogP contribution in [-0.4, -0.2) is 29.5 Å². The predicted octanol–water partition coefficient (Wildman–Crippen LogP) is 2.04. The Morgan fingerprint density at radius 2 is 2.11 bits per heavy atom. The van der Waals surface area contributed by atoms with Crippen LogP contribution in [0.4, 0.5) is 0 Å². The van der Waals surface area contributed by atoms with E-state index in [2.05, 4.69) is 5.32 Å². The third kappa shape index (κ3) is 4.55. The van der Waals surface area contributed by atoms with Crippen molar-refractivity contribution in [2.24, 2.45) is 0 Å². The Kier molecular flexibility index (Phi) is 5.44. The summed E-state index contributed by atoms with van der Waals surface area (Å²) < 4.78 is 5.02. The van der Waals surface area contributed by atoms with Gasteiger partial charge in [0.2, 0.25) is 0 Å². The first kappa shape index (κ1) is 14.8. The van der Waals surface area contributed by atoms with Gasteiger partial charge in [0.15, 0.2) is 0 Å². The fourth-order valence-electron chi connectivity index (χ4n) is 1.91. The van der Waals surface area contributed by atoms with Crippen molar-refractivity contribution in [1.82, 2.24) is 5.32 Å². The number of nitrogens with one attached hydrogen (secondary N) is 1. The van der Waals surface area contributed by atoms with Crippen LogP contribution in [0.3, 0.4) is 0 Å². The normalized spacial score (nSPS) is 14.2. The van der Waals surface area contributed by atoms with Gasteiger partial charge in [-0.3, -0.25) is 0 Å². The summed E-state index contributed by atoms with van der Waals surface area (Å²) in [7, 11) is 1.56. The molecule has 18 heavy (non-hydrogen) atoms. The molecule has 1 atom stereocenters. The van der Waals surface area contributed by atoms with E-state index >= 15 is 0 Å². The molecule has 1 rings (SSSR count). The second-order valence-electron chi connectivity index (χ2n) is 4.85. The molecule has 1 unspecified atom stereocenters. The van der Waals surface area contributed by atoms with E-state index in [4.69, 9.17) is 4.74 Å². The maximum atomic E-state index is 10.00. The molecular weight excluding hydrogens is 230 g/mol. The van der Waals surface area contributed by atoms with E-state index in [0.717, 1.165) is 18.4 Å². The Morgan fingerprint density at radius 3 is 2.67 bits per heavy atom. The van der Waals surface area contributed by atoms with Gasteiger partial charge in [0.05, 0.1) is 12.7 Å². The van der Waals surface area contributed by atoms with Crippen LogP contribution in [0.1, 0.15) is 32.3 Å². The van der Waals surface area contributed by atoms with E-state index < -0.39 is 5.60 Å². The zero-order valence-corrected chi connectivity index (χ0v) is 11.4. The molecule has 0 radical (unpaired) electrons. The molecule has 0 heterocycles. The molecule has 0 saturated heterocycles. The van der Waals surface area contributed by atoms with Gasteiger partial charge in [0.25, 0.3) is 0 Å². The standard InChI is InChI=1S/C14H23NO3/c1-4-7-14(2,17)10-15-9-11-5-6-12(18-3)8-13(11)16/h5-6,8,15-17H,4,7,9-10H2,1-3H3. The van der Waals surface area contributed by atoms with Gasteiger partial charge in [-0.1, -0.05) is 19.4 Å². The van der Waals surface area contributed by atoms with Crippen molar-refractivity contribution in [2.45, 2.75) is 38.8 Å². The summed E-state index contributed by atoms with van der Waals surface area (Å²) in [6.07, 6.45) is 1.71. The number of rotatable bonds is 7. The second kappa shape index (κ2) is 6.61. The molecule has 3 N–H and O–H groups in total. The van der Waals surface area contributed by atoms with Gasteiger partial charge < -0.3 is 20.3 Å². The highest BCUT2D eigenvalue weighted by Gasteiger charge is 2.18. The van der Waals surface area contributed by atoms with Crippen LogP contribution >= 0.6 is 0 Å². The Morgan fingerprint density at radius 1 is 1.39 bits per heavy atom. The van der Waals surface area contributed by atoms with Crippen molar-refractivity contribution in [3.8, 4) is 11.5 Å².